The summed E-state index contributed by atoms with van der Waals surface area (Å²) < 4.78 is 14.7. The van der Waals surface area contributed by atoms with Crippen molar-refractivity contribution < 1.29 is 4.39 Å². The normalized spacial score (nSPS) is 19.9. The van der Waals surface area contributed by atoms with E-state index in [4.69, 9.17) is 0 Å². The fourth-order valence-corrected chi connectivity index (χ4v) is 2.91. The number of hydrogen-bond acceptors (Lipinski definition) is 2. The second-order valence-corrected chi connectivity index (χ2v) is 5.90. The Hall–Kier alpha value is -0.160. The van der Waals surface area contributed by atoms with E-state index in [0.29, 0.717) is 12.6 Å². The summed E-state index contributed by atoms with van der Waals surface area (Å²) >= 11 is 3.40. The zero-order valence-electron chi connectivity index (χ0n) is 11.2. The molecule has 108 valence electrons. The summed E-state index contributed by atoms with van der Waals surface area (Å²) in [5.41, 5.74) is 0.768. The molecular weight excluding hydrogens is 331 g/mol. The molecule has 0 amide bonds. The van der Waals surface area contributed by atoms with E-state index in [1.807, 2.05) is 6.07 Å². The maximum atomic E-state index is 13.7. The maximum absolute atomic E-state index is 13.7. The van der Waals surface area contributed by atoms with Gasteiger partial charge in [-0.2, -0.15) is 0 Å². The van der Waals surface area contributed by atoms with Gasteiger partial charge in [0.1, 0.15) is 5.82 Å². The van der Waals surface area contributed by atoms with Gasteiger partial charge in [0.15, 0.2) is 0 Å². The first-order valence-electron chi connectivity index (χ1n) is 6.51. The number of halogens is 3. The third-order valence-corrected chi connectivity index (χ3v) is 4.09. The van der Waals surface area contributed by atoms with Crippen molar-refractivity contribution in [1.29, 1.82) is 0 Å². The second kappa shape index (κ2) is 8.20. The zero-order chi connectivity index (χ0) is 13.0. The smallest absolute Gasteiger partial charge is 0.127 e. The number of nitrogens with one attached hydrogen (secondary N) is 1. The van der Waals surface area contributed by atoms with Crippen LogP contribution in [0.25, 0.3) is 0 Å². The second-order valence-electron chi connectivity index (χ2n) is 4.99. The van der Waals surface area contributed by atoms with Crippen LogP contribution in [0.3, 0.4) is 0 Å². The van der Waals surface area contributed by atoms with E-state index >= 15 is 0 Å². The van der Waals surface area contributed by atoms with Crippen LogP contribution in [0.15, 0.2) is 22.7 Å². The van der Waals surface area contributed by atoms with Gasteiger partial charge in [-0.15, -0.1) is 12.4 Å². The Kier molecular flexibility index (Phi) is 7.29. The Bertz CT molecular complexity index is 395. The van der Waals surface area contributed by atoms with Gasteiger partial charge in [0.25, 0.3) is 0 Å². The molecule has 0 aromatic heterocycles. The molecular formula is C14H21BrClFN2. The molecule has 0 radical (unpaired) electrons. The fraction of sp³-hybridized carbons (Fsp3) is 0.571. The molecule has 1 fully saturated rings. The monoisotopic (exact) mass is 350 g/mol. The van der Waals surface area contributed by atoms with Crippen LogP contribution in [0.1, 0.15) is 24.8 Å². The minimum Gasteiger partial charge on any atom is -0.317 e. The van der Waals surface area contributed by atoms with Crippen molar-refractivity contribution in [1.82, 2.24) is 10.2 Å². The van der Waals surface area contributed by atoms with Crippen molar-refractivity contribution in [3.63, 3.8) is 0 Å². The Morgan fingerprint density at radius 2 is 2.16 bits per heavy atom. The minimum atomic E-state index is -0.114. The van der Waals surface area contributed by atoms with E-state index in [9.17, 15) is 4.39 Å². The molecule has 1 N–H and O–H groups in total. The summed E-state index contributed by atoms with van der Waals surface area (Å²) in [6.45, 7) is 2.85. The lowest BCUT2D eigenvalue weighted by atomic mass is 10.1. The highest BCUT2D eigenvalue weighted by Crippen LogP contribution is 2.19. The molecule has 1 saturated heterocycles. The highest BCUT2D eigenvalue weighted by Gasteiger charge is 2.17. The van der Waals surface area contributed by atoms with E-state index < -0.39 is 0 Å². The van der Waals surface area contributed by atoms with Gasteiger partial charge in [-0.25, -0.2) is 4.39 Å². The SMILES string of the molecule is CN(Cc1cc(Br)ccc1F)C1CCCNCC1.Cl. The van der Waals surface area contributed by atoms with Gasteiger partial charge in [0, 0.05) is 22.6 Å². The molecule has 0 aliphatic carbocycles. The minimum absolute atomic E-state index is 0. The van der Waals surface area contributed by atoms with Crippen LogP contribution in [-0.4, -0.2) is 31.1 Å². The number of nitrogens with zero attached hydrogens (tertiary/aromatic N) is 1. The molecule has 2 rings (SSSR count). The topological polar surface area (TPSA) is 15.3 Å². The van der Waals surface area contributed by atoms with E-state index in [-0.39, 0.29) is 18.2 Å². The molecule has 1 aliphatic rings. The maximum Gasteiger partial charge on any atom is 0.127 e. The highest BCUT2D eigenvalue weighted by atomic mass is 79.9. The summed E-state index contributed by atoms with van der Waals surface area (Å²) in [5, 5.41) is 3.41. The highest BCUT2D eigenvalue weighted by molar-refractivity contribution is 9.10. The third kappa shape index (κ3) is 5.03. The molecule has 1 aromatic carbocycles. The van der Waals surface area contributed by atoms with Gasteiger partial charge >= 0.3 is 0 Å². The molecule has 1 unspecified atom stereocenters. The van der Waals surface area contributed by atoms with Crippen molar-refractivity contribution in [3.05, 3.63) is 34.1 Å². The Balaban J connectivity index is 0.00000180. The average Bonchev–Trinajstić information content (AvgIpc) is 2.62. The van der Waals surface area contributed by atoms with Crippen LogP contribution < -0.4 is 5.32 Å². The lowest BCUT2D eigenvalue weighted by molar-refractivity contribution is 0.214. The van der Waals surface area contributed by atoms with E-state index in [0.717, 1.165) is 29.5 Å². The van der Waals surface area contributed by atoms with Crippen molar-refractivity contribution >= 4 is 28.3 Å². The molecule has 1 aliphatic heterocycles. The fourth-order valence-electron chi connectivity index (χ4n) is 2.50. The summed E-state index contributed by atoms with van der Waals surface area (Å²) in [6.07, 6.45) is 3.54. The molecule has 0 bridgehead atoms. The molecule has 0 saturated carbocycles. The van der Waals surface area contributed by atoms with E-state index in [1.165, 1.54) is 18.9 Å². The van der Waals surface area contributed by atoms with Crippen LogP contribution in [-0.2, 0) is 6.54 Å². The van der Waals surface area contributed by atoms with Crippen molar-refractivity contribution in [3.8, 4) is 0 Å². The lowest BCUT2D eigenvalue weighted by Gasteiger charge is -2.27. The molecule has 0 spiro atoms. The Labute approximate surface area is 129 Å². The van der Waals surface area contributed by atoms with Crippen LogP contribution in [0.5, 0.6) is 0 Å². The van der Waals surface area contributed by atoms with E-state index in [1.54, 1.807) is 6.07 Å². The summed E-state index contributed by atoms with van der Waals surface area (Å²) in [7, 11) is 2.09. The average molecular weight is 352 g/mol. The molecule has 5 heteroatoms. The zero-order valence-corrected chi connectivity index (χ0v) is 13.6. The van der Waals surface area contributed by atoms with Gasteiger partial charge in [-0.05, 0) is 57.6 Å². The standard InChI is InChI=1S/C14H20BrFN2.ClH/c1-18(13-3-2-7-17-8-6-13)10-11-9-12(15)4-5-14(11)16;/h4-5,9,13,17H,2-3,6-8,10H2,1H3;1H. The molecule has 2 nitrogen and oxygen atoms in total. The first-order chi connectivity index (χ1) is 8.66. The first kappa shape index (κ1) is 16.9. The molecule has 1 atom stereocenters. The first-order valence-corrected chi connectivity index (χ1v) is 7.31. The van der Waals surface area contributed by atoms with Gasteiger partial charge in [0.05, 0.1) is 0 Å². The third-order valence-electron chi connectivity index (χ3n) is 3.60. The van der Waals surface area contributed by atoms with Crippen LogP contribution in [0.2, 0.25) is 0 Å². The van der Waals surface area contributed by atoms with Crippen LogP contribution >= 0.6 is 28.3 Å². The van der Waals surface area contributed by atoms with Gasteiger partial charge in [-0.1, -0.05) is 15.9 Å². The lowest BCUT2D eigenvalue weighted by Crippen LogP contribution is -2.32. The van der Waals surface area contributed by atoms with Gasteiger partial charge < -0.3 is 5.32 Å². The van der Waals surface area contributed by atoms with Crippen LogP contribution in [0.4, 0.5) is 4.39 Å². The van der Waals surface area contributed by atoms with Gasteiger partial charge in [-0.3, -0.25) is 4.90 Å². The largest absolute Gasteiger partial charge is 0.317 e. The summed E-state index contributed by atoms with van der Waals surface area (Å²) in [6, 6.07) is 5.70. The van der Waals surface area contributed by atoms with E-state index in [2.05, 4.69) is 33.2 Å². The Morgan fingerprint density at radius 3 is 2.95 bits per heavy atom. The molecule has 1 heterocycles. The van der Waals surface area contributed by atoms with Crippen LogP contribution in [0, 0.1) is 5.82 Å². The van der Waals surface area contributed by atoms with Crippen molar-refractivity contribution in [2.24, 2.45) is 0 Å². The predicted molar refractivity (Wildman–Crippen MR) is 83.3 cm³/mol. The van der Waals surface area contributed by atoms with Crippen molar-refractivity contribution in [2.75, 3.05) is 20.1 Å². The number of benzene rings is 1. The number of rotatable bonds is 3. The quantitative estimate of drug-likeness (QED) is 0.895. The Morgan fingerprint density at radius 1 is 1.37 bits per heavy atom. The summed E-state index contributed by atoms with van der Waals surface area (Å²) in [4.78, 5) is 2.28. The number of hydrogen-bond donors (Lipinski definition) is 1. The molecule has 19 heavy (non-hydrogen) atoms. The van der Waals surface area contributed by atoms with Gasteiger partial charge in [0.2, 0.25) is 0 Å². The molecule has 1 aromatic rings. The van der Waals surface area contributed by atoms with Crippen molar-refractivity contribution in [2.45, 2.75) is 31.8 Å². The summed E-state index contributed by atoms with van der Waals surface area (Å²) in [5.74, 6) is -0.114. The predicted octanol–water partition coefficient (Wildman–Crippen LogP) is 3.58.